The Balaban J connectivity index is 0.805. The number of ether oxygens (including phenoxy) is 6. The van der Waals surface area contributed by atoms with Crippen LogP contribution in [0.3, 0.4) is 0 Å². The molecule has 17 atom stereocenters. The molecule has 6 amide bonds. The van der Waals surface area contributed by atoms with Crippen molar-refractivity contribution in [3.8, 4) is 0 Å². The van der Waals surface area contributed by atoms with E-state index >= 15 is 0 Å². The number of hydrogen-bond donors (Lipinski definition) is 14. The van der Waals surface area contributed by atoms with Gasteiger partial charge in [-0.25, -0.2) is 9.59 Å². The van der Waals surface area contributed by atoms with Crippen LogP contribution in [0.2, 0.25) is 0 Å². The first-order chi connectivity index (χ1) is 45.7. The van der Waals surface area contributed by atoms with E-state index in [1.807, 2.05) is 13.0 Å². The summed E-state index contributed by atoms with van der Waals surface area (Å²) in [4.78, 5) is 103. The van der Waals surface area contributed by atoms with Gasteiger partial charge >= 0.3 is 12.2 Å². The van der Waals surface area contributed by atoms with E-state index in [-0.39, 0.29) is 98.1 Å². The summed E-state index contributed by atoms with van der Waals surface area (Å²) in [6.45, 7) is 7.91. The number of benzene rings is 1. The van der Waals surface area contributed by atoms with Gasteiger partial charge in [-0.1, -0.05) is 77.7 Å². The van der Waals surface area contributed by atoms with E-state index in [1.165, 1.54) is 0 Å². The number of allylic oxidation sites excluding steroid dienone is 4. The number of carbonyl (C=O) groups excluding carboxylic acids is 8. The lowest BCUT2D eigenvalue weighted by Crippen LogP contribution is -2.61. The number of primary amides is 1. The third kappa shape index (κ3) is 21.1. The van der Waals surface area contributed by atoms with E-state index < -0.39 is 128 Å². The highest BCUT2D eigenvalue weighted by atomic mass is 16.7. The van der Waals surface area contributed by atoms with Crippen LogP contribution in [0.1, 0.15) is 149 Å². The van der Waals surface area contributed by atoms with E-state index in [1.54, 1.807) is 50.3 Å². The summed E-state index contributed by atoms with van der Waals surface area (Å²) in [5, 5.41) is 78.4. The van der Waals surface area contributed by atoms with Gasteiger partial charge in [0, 0.05) is 30.1 Å². The molecule has 0 bridgehead atoms. The molecule has 1 heterocycles. The molecular formula is C67H102N10O19. The van der Waals surface area contributed by atoms with E-state index in [9.17, 15) is 63.9 Å². The Labute approximate surface area is 560 Å². The number of hydrogen-bond acceptors (Lipinski definition) is 23. The van der Waals surface area contributed by atoms with Gasteiger partial charge in [0.25, 0.3) is 0 Å². The van der Waals surface area contributed by atoms with Crippen LogP contribution in [-0.4, -0.2) is 197 Å². The highest BCUT2D eigenvalue weighted by molar-refractivity contribution is 6.42. The number of rotatable bonds is 33. The molecule has 7 unspecified atom stereocenters. The van der Waals surface area contributed by atoms with Crippen molar-refractivity contribution in [2.75, 3.05) is 44.8 Å². The fraction of sp³-hybridized carbons (Fsp3) is 0.701. The molecule has 0 spiro atoms. The predicted octanol–water partition coefficient (Wildman–Crippen LogP) is 2.46. The highest BCUT2D eigenvalue weighted by Gasteiger charge is 2.61. The molecule has 1 aliphatic heterocycles. The summed E-state index contributed by atoms with van der Waals surface area (Å²) in [5.74, 6) is -2.74. The first-order valence-corrected chi connectivity index (χ1v) is 33.8. The van der Waals surface area contributed by atoms with E-state index in [4.69, 9.17) is 45.3 Å². The Morgan fingerprint density at radius 1 is 0.833 bits per heavy atom. The molecule has 1 aromatic rings. The number of unbranched alkanes of at least 4 members (excludes halogenated alkanes) is 1. The Morgan fingerprint density at radius 3 is 2.30 bits per heavy atom. The van der Waals surface area contributed by atoms with Crippen molar-refractivity contribution in [1.82, 2.24) is 26.7 Å². The molecule has 16 N–H and O–H groups in total. The number of aliphatic hydroxyl groups excluding tert-OH is 5. The number of nitrogens with zero attached hydrogens (tertiary/aromatic N) is 1. The first-order valence-electron chi connectivity index (χ1n) is 33.8. The number of hydrazone groups is 1. The van der Waals surface area contributed by atoms with Gasteiger partial charge in [-0.05, 0) is 143 Å². The molecule has 5 aliphatic carbocycles. The summed E-state index contributed by atoms with van der Waals surface area (Å²) in [7, 11) is 0. The Hall–Kier alpha value is -6.80. The summed E-state index contributed by atoms with van der Waals surface area (Å²) < 4.78 is 34.3. The molecular weight excluding hydrogens is 1250 g/mol. The van der Waals surface area contributed by atoms with Crippen LogP contribution in [0.25, 0.3) is 0 Å². The average Bonchev–Trinajstić information content (AvgIpc) is 1.34. The molecule has 5 fully saturated rings. The molecule has 0 aromatic heterocycles. The third-order valence-electron chi connectivity index (χ3n) is 19.5. The number of ketones is 2. The molecule has 4 saturated carbocycles. The molecule has 1 aromatic carbocycles. The molecule has 29 heteroatoms. The van der Waals surface area contributed by atoms with Crippen LogP contribution in [0, 0.1) is 39.9 Å². The lowest BCUT2D eigenvalue weighted by atomic mass is 9.47. The number of urea groups is 1. The van der Waals surface area contributed by atoms with Gasteiger partial charge in [-0.2, -0.15) is 5.10 Å². The van der Waals surface area contributed by atoms with Crippen molar-refractivity contribution in [1.29, 1.82) is 5.41 Å². The molecule has 6 aliphatic rings. The van der Waals surface area contributed by atoms with Gasteiger partial charge in [0.05, 0.1) is 30.6 Å². The molecule has 7 rings (SSSR count). The Bertz CT molecular complexity index is 2950. The minimum absolute atomic E-state index is 0.00295. The number of fused-ring (bicyclic) bond motifs is 5. The van der Waals surface area contributed by atoms with Crippen LogP contribution in [0.4, 0.5) is 15.3 Å². The Kier molecular flexibility index (Phi) is 28.8. The third-order valence-corrected chi connectivity index (χ3v) is 19.5. The van der Waals surface area contributed by atoms with E-state index in [2.05, 4.69) is 51.0 Å². The van der Waals surface area contributed by atoms with Gasteiger partial charge in [-0.15, -0.1) is 0 Å². The molecule has 29 nitrogen and oxygen atoms in total. The quantitative estimate of drug-likeness (QED) is 0.0208. The summed E-state index contributed by atoms with van der Waals surface area (Å²) >= 11 is 0. The van der Waals surface area contributed by atoms with Crippen molar-refractivity contribution in [2.24, 2.45) is 51.1 Å². The van der Waals surface area contributed by atoms with Gasteiger partial charge in [-0.3, -0.25) is 34.2 Å². The van der Waals surface area contributed by atoms with Crippen LogP contribution < -0.4 is 43.5 Å². The van der Waals surface area contributed by atoms with Gasteiger partial charge in [0.15, 0.2) is 30.7 Å². The number of amides is 6. The second-order valence-electron chi connectivity index (χ2n) is 27.2. The van der Waals surface area contributed by atoms with Gasteiger partial charge in [0.1, 0.15) is 68.1 Å². The standard InChI is InChI=1S/C67H102N10O19/c1-6-13-53(95-43-29-45-44-23-20-39-28-41(79)24-25-67(39,5)54(44)49(81)31-66(45,4)30-43)92-34-42(80)35-94-65(90)93-33-38-18-21-40(22-19-38)73-61(87)48(16-12-27-72-64(70)89)74-62(88)55(37(2)3)75-60(86)47(69)15-10-11-26-71-52(82)36-91-50-17-9-7-8-14-46(68)56(50)76-77-63-59(85)58(84)57(83)51(32-78)96-63/h18-19,21-22,24-25,28,37,43-45,47-51,53-55,57-59,63,68,77-78,81,83-85H,6-17,20,23,26-27,29-36,69H2,1-5H3,(H,71,82)(H,73,87)(H,74,88)(H,75,86)(H3,70,72,89)/t43?,44?,45?,47-,48+,49+,50?,51-,53?,54?,55+,57+,58+,59-,63-,66+,67?/m1/s1. The fourth-order valence-electron chi connectivity index (χ4n) is 14.4. The second kappa shape index (κ2) is 36.2. The largest absolute Gasteiger partial charge is 0.509 e. The van der Waals surface area contributed by atoms with E-state index in [0.29, 0.717) is 55.7 Å². The Morgan fingerprint density at radius 2 is 1.58 bits per heavy atom. The SMILES string of the molecule is CCCC(OCC(=O)COC(=O)OCc1ccc(NC(=O)[C@H](CCCNC(N)=O)NC(=O)[C@@H](NC(=O)[C@H](N)CCCCNC(=O)COC2CCCCCC(=N)C2=NN[C@@H]2O[C@H](CO)[C@H](O)[C@H](O)[C@H]2O)C(C)C)cc1)OC1CC2C3CCC4=CC(=O)C=CC4(C)C3[C@@H](O)C[C@]2(C)C1. The normalized spacial score (nSPS) is 29.6. The number of carbonyl (C=O) groups is 8. The first kappa shape index (κ1) is 76.6. The zero-order chi connectivity index (χ0) is 69.9. The maximum absolute atomic E-state index is 13.9. The minimum atomic E-state index is -1.63. The molecule has 1 saturated heterocycles. The maximum atomic E-state index is 13.9. The summed E-state index contributed by atoms with van der Waals surface area (Å²) in [6.07, 6.45) is 4.45. The predicted molar refractivity (Wildman–Crippen MR) is 349 cm³/mol. The number of nitrogens with two attached hydrogens (primary N) is 2. The van der Waals surface area contributed by atoms with Crippen LogP contribution in [-0.2, 0) is 63.8 Å². The average molecular weight is 1350 g/mol. The van der Waals surface area contributed by atoms with Crippen LogP contribution in [0.5, 0.6) is 0 Å². The maximum Gasteiger partial charge on any atom is 0.509 e. The second-order valence-corrected chi connectivity index (χ2v) is 27.2. The van der Waals surface area contributed by atoms with Gasteiger partial charge < -0.3 is 97.4 Å². The monoisotopic (exact) mass is 1350 g/mol. The number of Topliss-reactive ketones (excluding diaryl/α,β-unsaturated/α-hetero) is 1. The topological polar surface area (TPSA) is 454 Å². The molecule has 0 radical (unpaired) electrons. The zero-order valence-electron chi connectivity index (χ0n) is 55.8. The summed E-state index contributed by atoms with van der Waals surface area (Å²) in [5.41, 5.74) is 15.9. The zero-order valence-corrected chi connectivity index (χ0v) is 55.8. The minimum Gasteiger partial charge on any atom is -0.429 e. The van der Waals surface area contributed by atoms with E-state index in [0.717, 1.165) is 56.9 Å². The summed E-state index contributed by atoms with van der Waals surface area (Å²) in [6, 6.07) is 2.19. The van der Waals surface area contributed by atoms with Crippen molar-refractivity contribution in [3.63, 3.8) is 0 Å². The number of aliphatic hydroxyl groups is 5. The van der Waals surface area contributed by atoms with Crippen molar-refractivity contribution < 1.29 is 92.3 Å². The smallest absolute Gasteiger partial charge is 0.429 e. The van der Waals surface area contributed by atoms with Crippen molar-refractivity contribution in [3.05, 3.63) is 53.6 Å². The fourth-order valence-corrected chi connectivity index (χ4v) is 14.4. The number of anilines is 1. The van der Waals surface area contributed by atoms with Gasteiger partial charge in [0.2, 0.25) is 23.6 Å². The number of nitrogens with one attached hydrogen (secondary N) is 7. The molecule has 534 valence electrons. The van der Waals surface area contributed by atoms with Crippen molar-refractivity contribution >= 4 is 64.5 Å². The van der Waals surface area contributed by atoms with Crippen molar-refractivity contribution in [2.45, 2.75) is 224 Å². The highest BCUT2D eigenvalue weighted by Crippen LogP contribution is 2.65. The van der Waals surface area contributed by atoms with Crippen LogP contribution >= 0.6 is 0 Å². The lowest BCUT2D eigenvalue weighted by Gasteiger charge is -2.57. The molecule has 96 heavy (non-hydrogen) atoms. The van der Waals surface area contributed by atoms with Crippen LogP contribution in [0.15, 0.2) is 53.2 Å². The lowest BCUT2D eigenvalue weighted by molar-refractivity contribution is -0.236.